The van der Waals surface area contributed by atoms with Gasteiger partial charge in [-0.15, -0.1) is 0 Å². The maximum absolute atomic E-state index is 11.8. The minimum atomic E-state index is -3.32. The van der Waals surface area contributed by atoms with E-state index in [1.165, 1.54) is 6.26 Å². The van der Waals surface area contributed by atoms with Crippen molar-refractivity contribution >= 4 is 33.3 Å². The molecule has 1 aromatic heterocycles. The number of aromatic amines is 1. The van der Waals surface area contributed by atoms with Crippen LogP contribution in [-0.2, 0) is 19.1 Å². The molecular formula is C14H16BNO4S. The van der Waals surface area contributed by atoms with Crippen molar-refractivity contribution in [2.45, 2.75) is 24.3 Å². The maximum atomic E-state index is 11.8. The summed E-state index contributed by atoms with van der Waals surface area (Å²) >= 11 is 0. The van der Waals surface area contributed by atoms with Crippen molar-refractivity contribution in [3.8, 4) is 0 Å². The summed E-state index contributed by atoms with van der Waals surface area (Å²) in [4.78, 5) is 3.26. The van der Waals surface area contributed by atoms with Gasteiger partial charge < -0.3 is 14.3 Å². The van der Waals surface area contributed by atoms with Gasteiger partial charge in [0.05, 0.1) is 10.7 Å². The number of aromatic nitrogens is 1. The first-order valence-corrected chi connectivity index (χ1v) is 8.42. The second kappa shape index (κ2) is 4.38. The van der Waals surface area contributed by atoms with Crippen LogP contribution in [0.3, 0.4) is 0 Å². The fourth-order valence-electron chi connectivity index (χ4n) is 2.33. The van der Waals surface area contributed by atoms with Gasteiger partial charge in [-0.1, -0.05) is 6.58 Å². The van der Waals surface area contributed by atoms with Crippen molar-refractivity contribution in [3.63, 3.8) is 0 Å². The number of nitrogens with one attached hydrogen (secondary N) is 1. The zero-order valence-electron chi connectivity index (χ0n) is 12.1. The highest BCUT2D eigenvalue weighted by Gasteiger charge is 2.43. The molecule has 2 heterocycles. The average Bonchev–Trinajstić information content (AvgIpc) is 2.92. The molecule has 0 atom stereocenters. The highest BCUT2D eigenvalue weighted by molar-refractivity contribution is 7.90. The predicted molar refractivity (Wildman–Crippen MR) is 82.2 cm³/mol. The molecule has 1 N–H and O–H groups in total. The third-order valence-electron chi connectivity index (χ3n) is 3.68. The van der Waals surface area contributed by atoms with E-state index in [0.717, 1.165) is 10.9 Å². The van der Waals surface area contributed by atoms with Gasteiger partial charge in [0.2, 0.25) is 0 Å². The van der Waals surface area contributed by atoms with Crippen LogP contribution >= 0.6 is 0 Å². The zero-order chi connectivity index (χ0) is 15.4. The summed E-state index contributed by atoms with van der Waals surface area (Å²) < 4.78 is 35.2. The number of benzene rings is 1. The first-order valence-electron chi connectivity index (χ1n) is 6.53. The summed E-state index contributed by atoms with van der Waals surface area (Å²) in [6.45, 7) is 7.58. The van der Waals surface area contributed by atoms with Gasteiger partial charge in [-0.2, -0.15) is 0 Å². The van der Waals surface area contributed by atoms with E-state index in [-0.39, 0.29) is 4.90 Å². The predicted octanol–water partition coefficient (Wildman–Crippen LogP) is 1.61. The van der Waals surface area contributed by atoms with E-state index in [1.807, 2.05) is 19.9 Å². The molecule has 2 aromatic rings. The van der Waals surface area contributed by atoms with Crippen molar-refractivity contribution in [2.75, 3.05) is 6.26 Å². The van der Waals surface area contributed by atoms with E-state index in [2.05, 4.69) is 11.6 Å². The molecule has 3 rings (SSSR count). The molecule has 0 aliphatic carbocycles. The summed E-state index contributed by atoms with van der Waals surface area (Å²) in [6.07, 6.45) is 2.94. The molecule has 0 unspecified atom stereocenters. The van der Waals surface area contributed by atoms with Gasteiger partial charge in [-0.25, -0.2) is 8.42 Å². The van der Waals surface area contributed by atoms with Gasteiger partial charge >= 0.3 is 7.12 Å². The quantitative estimate of drug-likeness (QED) is 0.856. The van der Waals surface area contributed by atoms with Crippen LogP contribution in [0.2, 0.25) is 0 Å². The molecule has 0 saturated carbocycles. The molecule has 7 heteroatoms. The summed E-state index contributed by atoms with van der Waals surface area (Å²) in [5.41, 5.74) is 0.810. The third kappa shape index (κ3) is 2.36. The van der Waals surface area contributed by atoms with Crippen molar-refractivity contribution < 1.29 is 17.7 Å². The van der Waals surface area contributed by atoms with Gasteiger partial charge in [-0.05, 0) is 32.0 Å². The molecule has 1 aliphatic rings. The molecule has 5 nitrogen and oxygen atoms in total. The van der Waals surface area contributed by atoms with Gasteiger partial charge in [0.15, 0.2) is 9.84 Å². The molecule has 1 aliphatic heterocycles. The topological polar surface area (TPSA) is 68.4 Å². The van der Waals surface area contributed by atoms with Crippen molar-refractivity contribution in [1.82, 2.24) is 4.98 Å². The largest absolute Gasteiger partial charge is 0.564 e. The Labute approximate surface area is 124 Å². The minimum Gasteiger partial charge on any atom is -0.534 e. The number of sulfone groups is 1. The first kappa shape index (κ1) is 14.2. The monoisotopic (exact) mass is 305 g/mol. The number of H-pyrrole nitrogens is 1. The molecular weight excluding hydrogens is 289 g/mol. The van der Waals surface area contributed by atoms with E-state index >= 15 is 0 Å². The van der Waals surface area contributed by atoms with Gasteiger partial charge in [0.1, 0.15) is 5.60 Å². The van der Waals surface area contributed by atoms with Crippen LogP contribution in [0.15, 0.2) is 41.6 Å². The Morgan fingerprint density at radius 2 is 2.05 bits per heavy atom. The van der Waals surface area contributed by atoms with E-state index in [4.69, 9.17) is 9.31 Å². The molecule has 21 heavy (non-hydrogen) atoms. The zero-order valence-corrected chi connectivity index (χ0v) is 13.0. The number of fused-ring (bicyclic) bond motifs is 1. The lowest BCUT2D eigenvalue weighted by atomic mass is 9.77. The molecule has 1 aromatic carbocycles. The van der Waals surface area contributed by atoms with Crippen LogP contribution < -0.4 is 5.46 Å². The Bertz CT molecular complexity index is 838. The Hall–Kier alpha value is -1.73. The molecule has 1 saturated heterocycles. The third-order valence-corrected chi connectivity index (χ3v) is 4.77. The van der Waals surface area contributed by atoms with Crippen LogP contribution in [0.5, 0.6) is 0 Å². The van der Waals surface area contributed by atoms with Crippen LogP contribution in [0.1, 0.15) is 13.8 Å². The van der Waals surface area contributed by atoms with E-state index in [9.17, 15) is 8.42 Å². The van der Waals surface area contributed by atoms with Crippen LogP contribution in [0.25, 0.3) is 10.9 Å². The van der Waals surface area contributed by atoms with E-state index in [1.54, 1.807) is 18.3 Å². The first-order chi connectivity index (χ1) is 9.68. The number of hydrogen-bond acceptors (Lipinski definition) is 4. The van der Waals surface area contributed by atoms with Crippen molar-refractivity contribution in [2.24, 2.45) is 0 Å². The van der Waals surface area contributed by atoms with Crippen LogP contribution in [0.4, 0.5) is 0 Å². The fourth-order valence-corrected chi connectivity index (χ4v) is 3.01. The lowest BCUT2D eigenvalue weighted by Gasteiger charge is -2.15. The standard InChI is InChI=1S/C14H16BNO4S/c1-9-14(2,3)20-15(19-9)12-7-10(21(4,17)18)8-13-11(12)5-6-16-13/h5-8,16H,1H2,2-4H3. The van der Waals surface area contributed by atoms with Gasteiger partial charge in [0, 0.05) is 28.8 Å². The van der Waals surface area contributed by atoms with Crippen molar-refractivity contribution in [1.29, 1.82) is 0 Å². The molecule has 0 amide bonds. The normalized spacial score (nSPS) is 18.2. The Morgan fingerprint density at radius 1 is 1.33 bits per heavy atom. The summed E-state index contributed by atoms with van der Waals surface area (Å²) in [5.74, 6) is 0.529. The second-order valence-corrected chi connectivity index (χ2v) is 7.74. The summed E-state index contributed by atoms with van der Waals surface area (Å²) in [7, 11) is -3.98. The molecule has 0 bridgehead atoms. The Kier molecular flexibility index (Phi) is 2.97. The summed E-state index contributed by atoms with van der Waals surface area (Å²) in [6, 6.07) is 5.09. The molecule has 0 spiro atoms. The maximum Gasteiger partial charge on any atom is 0.564 e. The molecule has 1 fully saturated rings. The van der Waals surface area contributed by atoms with Crippen molar-refractivity contribution in [3.05, 3.63) is 36.7 Å². The van der Waals surface area contributed by atoms with Gasteiger partial charge in [-0.3, -0.25) is 0 Å². The van der Waals surface area contributed by atoms with Crippen LogP contribution in [0, 0.1) is 0 Å². The fraction of sp³-hybridized carbons (Fsp3) is 0.286. The lowest BCUT2D eigenvalue weighted by molar-refractivity contribution is 0.173. The van der Waals surface area contributed by atoms with E-state index in [0.29, 0.717) is 11.2 Å². The Morgan fingerprint density at radius 3 is 2.62 bits per heavy atom. The highest BCUT2D eigenvalue weighted by atomic mass is 32.2. The number of rotatable bonds is 2. The highest BCUT2D eigenvalue weighted by Crippen LogP contribution is 2.30. The summed E-state index contributed by atoms with van der Waals surface area (Å²) in [5, 5.41) is 0.873. The molecule has 110 valence electrons. The SMILES string of the molecule is C=C1OB(c2cc(S(C)(=O)=O)cc3[nH]ccc23)OC1(C)C. The van der Waals surface area contributed by atoms with Crippen LogP contribution in [-0.4, -0.2) is 32.4 Å². The second-order valence-electron chi connectivity index (χ2n) is 5.72. The number of hydrogen-bond donors (Lipinski definition) is 1. The minimum absolute atomic E-state index is 0.231. The molecule has 0 radical (unpaired) electrons. The Balaban J connectivity index is 2.18. The average molecular weight is 305 g/mol. The smallest absolute Gasteiger partial charge is 0.534 e. The van der Waals surface area contributed by atoms with Gasteiger partial charge in [0.25, 0.3) is 0 Å². The lowest BCUT2D eigenvalue weighted by Crippen LogP contribution is -2.35. The van der Waals surface area contributed by atoms with E-state index < -0.39 is 22.6 Å².